The first-order chi connectivity index (χ1) is 9.43. The summed E-state index contributed by atoms with van der Waals surface area (Å²) < 4.78 is 56.3. The van der Waals surface area contributed by atoms with Crippen LogP contribution in [0.5, 0.6) is 0 Å². The number of amidine groups is 1. The highest BCUT2D eigenvalue weighted by atomic mass is 32.2. The van der Waals surface area contributed by atoms with Gasteiger partial charge in [0.1, 0.15) is 23.7 Å². The molecular formula is C11H14F4N2O2S. The van der Waals surface area contributed by atoms with Gasteiger partial charge in [0.05, 0.1) is 6.33 Å². The van der Waals surface area contributed by atoms with E-state index in [2.05, 4.69) is 10.3 Å². The number of hydrogen-bond donors (Lipinski definition) is 2. The molecule has 4 nitrogen and oxygen atoms in total. The highest BCUT2D eigenvalue weighted by Gasteiger charge is 2.51. The molecular weight excluding hydrogens is 300 g/mol. The molecule has 9 heteroatoms. The van der Waals surface area contributed by atoms with E-state index >= 15 is 0 Å². The second kappa shape index (κ2) is 6.31. The first kappa shape index (κ1) is 15.6. The summed E-state index contributed by atoms with van der Waals surface area (Å²) >= 11 is 0.957. The van der Waals surface area contributed by atoms with Gasteiger partial charge in [0.2, 0.25) is 0 Å². The predicted octanol–water partition coefficient (Wildman–Crippen LogP) is 1.61. The molecule has 2 rings (SSSR count). The van der Waals surface area contributed by atoms with Crippen molar-refractivity contribution in [2.75, 3.05) is 6.54 Å². The summed E-state index contributed by atoms with van der Waals surface area (Å²) in [6, 6.07) is -1.04. The summed E-state index contributed by atoms with van der Waals surface area (Å²) in [5.41, 5.74) is -0.504. The van der Waals surface area contributed by atoms with Gasteiger partial charge in [0, 0.05) is 6.54 Å². The lowest BCUT2D eigenvalue weighted by Gasteiger charge is -2.36. The van der Waals surface area contributed by atoms with Gasteiger partial charge < -0.3 is 15.2 Å². The molecule has 0 aliphatic carbocycles. The summed E-state index contributed by atoms with van der Waals surface area (Å²) in [4.78, 5) is 3.96. The zero-order chi connectivity index (χ0) is 14.9. The van der Waals surface area contributed by atoms with Crippen LogP contribution >= 0.6 is 11.8 Å². The topological polar surface area (TPSA) is 53.9 Å². The minimum atomic E-state index is -2.97. The Balaban J connectivity index is 2.01. The maximum Gasteiger partial charge on any atom is 0.267 e. The summed E-state index contributed by atoms with van der Waals surface area (Å²) in [7, 11) is 0. The lowest BCUT2D eigenvalue weighted by Crippen LogP contribution is -2.55. The number of hydrogen-bond acceptors (Lipinski definition) is 5. The van der Waals surface area contributed by atoms with Crippen LogP contribution in [0.2, 0.25) is 0 Å². The van der Waals surface area contributed by atoms with Crippen molar-refractivity contribution in [2.45, 2.75) is 43.2 Å². The van der Waals surface area contributed by atoms with E-state index in [-0.39, 0.29) is 11.7 Å². The maximum absolute atomic E-state index is 13.9. The van der Waals surface area contributed by atoms with Crippen molar-refractivity contribution in [2.24, 2.45) is 4.99 Å². The van der Waals surface area contributed by atoms with Gasteiger partial charge in [-0.1, -0.05) is 11.8 Å². The Bertz CT molecular complexity index is 421. The molecule has 114 valence electrons. The lowest BCUT2D eigenvalue weighted by atomic mass is 10.00. The molecule has 0 amide bonds. The molecule has 0 unspecified atom stereocenters. The molecule has 20 heavy (non-hydrogen) atoms. The van der Waals surface area contributed by atoms with Crippen LogP contribution in [0.1, 0.15) is 6.92 Å². The molecule has 2 aliphatic rings. The van der Waals surface area contributed by atoms with E-state index in [0.29, 0.717) is 11.9 Å². The Kier molecular flexibility index (Phi) is 4.92. The van der Waals surface area contributed by atoms with Crippen LogP contribution < -0.4 is 5.32 Å². The van der Waals surface area contributed by atoms with Crippen LogP contribution in [-0.2, 0) is 4.74 Å². The number of aliphatic hydroxyl groups excluding tert-OH is 1. The van der Waals surface area contributed by atoms with Gasteiger partial charge in [-0.15, -0.1) is 0 Å². The first-order valence-corrected chi connectivity index (χ1v) is 6.82. The molecule has 0 spiro atoms. The minimum Gasteiger partial charge on any atom is -0.387 e. The number of aliphatic hydroxyl groups is 1. The number of halogens is 4. The SMILES string of the molecule is CC(=CF)CNC1=N[C@@H]2[C@@H](F)[C@H](O)[C@@H](C(F)F)O[C@@H]2S1. The summed E-state index contributed by atoms with van der Waals surface area (Å²) in [6.07, 6.45) is -8.24. The van der Waals surface area contributed by atoms with Crippen molar-refractivity contribution in [1.29, 1.82) is 0 Å². The lowest BCUT2D eigenvalue weighted by molar-refractivity contribution is -0.178. The highest BCUT2D eigenvalue weighted by Crippen LogP contribution is 2.38. The van der Waals surface area contributed by atoms with Crippen molar-refractivity contribution in [1.82, 2.24) is 5.32 Å². The van der Waals surface area contributed by atoms with Crippen LogP contribution in [0.3, 0.4) is 0 Å². The molecule has 5 atom stereocenters. The van der Waals surface area contributed by atoms with E-state index in [1.54, 1.807) is 6.92 Å². The number of alkyl halides is 3. The van der Waals surface area contributed by atoms with Crippen molar-refractivity contribution >= 4 is 16.9 Å². The Labute approximate surface area is 117 Å². The third-order valence-corrected chi connectivity index (χ3v) is 4.10. The average Bonchev–Trinajstić information content (AvgIpc) is 2.83. The van der Waals surface area contributed by atoms with Crippen molar-refractivity contribution in [3.05, 3.63) is 11.9 Å². The van der Waals surface area contributed by atoms with Gasteiger partial charge in [0.15, 0.2) is 11.3 Å². The quantitative estimate of drug-likeness (QED) is 0.777. The van der Waals surface area contributed by atoms with Gasteiger partial charge in [-0.3, -0.25) is 4.99 Å². The summed E-state index contributed by atoms with van der Waals surface area (Å²) in [6.45, 7) is 1.71. The largest absolute Gasteiger partial charge is 0.387 e. The molecule has 2 N–H and O–H groups in total. The normalized spacial score (nSPS) is 37.9. The molecule has 0 bridgehead atoms. The molecule has 2 aliphatic heterocycles. The molecule has 0 aromatic carbocycles. The van der Waals surface area contributed by atoms with Crippen LogP contribution in [0, 0.1) is 0 Å². The number of nitrogens with zero attached hydrogens (tertiary/aromatic N) is 1. The Hall–Kier alpha value is -0.800. The van der Waals surface area contributed by atoms with E-state index < -0.39 is 36.3 Å². The zero-order valence-corrected chi connectivity index (χ0v) is 11.3. The van der Waals surface area contributed by atoms with E-state index in [4.69, 9.17) is 4.74 Å². The van der Waals surface area contributed by atoms with E-state index in [1.807, 2.05) is 0 Å². The fourth-order valence-corrected chi connectivity index (χ4v) is 3.00. The number of fused-ring (bicyclic) bond motifs is 1. The van der Waals surface area contributed by atoms with E-state index in [0.717, 1.165) is 11.8 Å². The molecule has 0 aromatic heterocycles. The van der Waals surface area contributed by atoms with Crippen LogP contribution in [0.4, 0.5) is 17.6 Å². The Morgan fingerprint density at radius 2 is 2.30 bits per heavy atom. The number of aliphatic imine (C=N–C) groups is 1. The van der Waals surface area contributed by atoms with Gasteiger partial charge >= 0.3 is 0 Å². The van der Waals surface area contributed by atoms with Gasteiger partial charge in [-0.2, -0.15) is 0 Å². The van der Waals surface area contributed by atoms with E-state index in [9.17, 15) is 22.7 Å². The number of thioether (sulfide) groups is 1. The summed E-state index contributed by atoms with van der Waals surface area (Å²) in [5.74, 6) is 0. The van der Waals surface area contributed by atoms with Crippen molar-refractivity contribution < 1.29 is 27.4 Å². The molecule has 2 heterocycles. The maximum atomic E-state index is 13.9. The zero-order valence-electron chi connectivity index (χ0n) is 10.5. The Morgan fingerprint density at radius 1 is 1.60 bits per heavy atom. The molecule has 0 saturated carbocycles. The molecule has 0 aromatic rings. The number of ether oxygens (including phenoxy) is 1. The van der Waals surface area contributed by atoms with Crippen LogP contribution in [0.15, 0.2) is 16.9 Å². The monoisotopic (exact) mass is 314 g/mol. The summed E-state index contributed by atoms with van der Waals surface area (Å²) in [5, 5.41) is 12.5. The minimum absolute atomic E-state index is 0.166. The molecule has 0 radical (unpaired) electrons. The molecule has 1 fully saturated rings. The van der Waals surface area contributed by atoms with Gasteiger partial charge in [0.25, 0.3) is 6.43 Å². The van der Waals surface area contributed by atoms with Crippen LogP contribution in [-0.4, -0.2) is 53.1 Å². The highest BCUT2D eigenvalue weighted by molar-refractivity contribution is 8.14. The van der Waals surface area contributed by atoms with Crippen molar-refractivity contribution in [3.63, 3.8) is 0 Å². The number of nitrogens with one attached hydrogen (secondary N) is 1. The van der Waals surface area contributed by atoms with Gasteiger partial charge in [-0.05, 0) is 12.5 Å². The average molecular weight is 314 g/mol. The van der Waals surface area contributed by atoms with Crippen LogP contribution in [0.25, 0.3) is 0 Å². The third-order valence-electron chi connectivity index (χ3n) is 3.01. The standard InChI is InChI=1S/C11H14F4N2O2S/c1-4(2-12)3-16-11-17-6-5(13)7(18)8(9(14)15)19-10(6)20-11/h2,5-10,18H,3H2,1H3,(H,16,17)/t5-,6-,7+,8+,10-/m1/s1. The number of rotatable bonds is 3. The molecule has 1 saturated heterocycles. The Morgan fingerprint density at radius 3 is 2.90 bits per heavy atom. The fourth-order valence-electron chi connectivity index (χ4n) is 1.90. The second-order valence-corrected chi connectivity index (χ2v) is 5.68. The predicted molar refractivity (Wildman–Crippen MR) is 67.2 cm³/mol. The second-order valence-electron chi connectivity index (χ2n) is 4.59. The third kappa shape index (κ3) is 3.09. The fraction of sp³-hybridized carbons (Fsp3) is 0.727. The first-order valence-electron chi connectivity index (χ1n) is 5.94. The van der Waals surface area contributed by atoms with Crippen molar-refractivity contribution in [3.8, 4) is 0 Å². The smallest absolute Gasteiger partial charge is 0.267 e. The van der Waals surface area contributed by atoms with Gasteiger partial charge in [-0.25, -0.2) is 17.6 Å². The van der Waals surface area contributed by atoms with E-state index in [1.165, 1.54) is 0 Å².